The Kier molecular flexibility index (Phi) is 5.24. The van der Waals surface area contributed by atoms with Crippen molar-refractivity contribution >= 4 is 12.0 Å². The first-order chi connectivity index (χ1) is 9.79. The molecule has 0 fully saturated rings. The first-order valence-corrected chi connectivity index (χ1v) is 6.82. The van der Waals surface area contributed by atoms with Crippen LogP contribution in [0.25, 0.3) is 6.08 Å². The van der Waals surface area contributed by atoms with E-state index in [0.717, 1.165) is 36.4 Å². The molecular weight excluding hydrogens is 254 g/mol. The maximum Gasteiger partial charge on any atom is 0.243 e. The number of unbranched alkanes of at least 4 members (excludes halogenated alkanes) is 1. The molecular formula is C16H19NO3. The Morgan fingerprint density at radius 2 is 2.15 bits per heavy atom. The lowest BCUT2D eigenvalue weighted by atomic mass is 10.2. The number of benzene rings is 1. The lowest BCUT2D eigenvalue weighted by Gasteiger charge is -1.98. The molecule has 4 heteroatoms. The molecule has 2 rings (SSSR count). The summed E-state index contributed by atoms with van der Waals surface area (Å²) in [5.74, 6) is 1.47. The van der Waals surface area contributed by atoms with Gasteiger partial charge in [-0.2, -0.15) is 0 Å². The molecule has 0 aromatic heterocycles. The maximum atomic E-state index is 11.4. The van der Waals surface area contributed by atoms with Crippen molar-refractivity contribution in [1.82, 2.24) is 5.32 Å². The van der Waals surface area contributed by atoms with Crippen LogP contribution in [0.4, 0.5) is 0 Å². The first-order valence-electron chi connectivity index (χ1n) is 6.82. The van der Waals surface area contributed by atoms with Crippen molar-refractivity contribution in [2.75, 3.05) is 13.3 Å². The van der Waals surface area contributed by atoms with Crippen LogP contribution >= 0.6 is 0 Å². The number of carbonyl (C=O) groups is 1. The number of amides is 1. The fourth-order valence-corrected chi connectivity index (χ4v) is 1.77. The minimum Gasteiger partial charge on any atom is -0.454 e. The summed E-state index contributed by atoms with van der Waals surface area (Å²) in [6.45, 7) is 3.10. The highest BCUT2D eigenvalue weighted by Gasteiger charge is 2.11. The van der Waals surface area contributed by atoms with Crippen LogP contribution in [0, 0.1) is 0 Å². The summed E-state index contributed by atoms with van der Waals surface area (Å²) < 4.78 is 10.5. The zero-order valence-electron chi connectivity index (χ0n) is 11.6. The van der Waals surface area contributed by atoms with Gasteiger partial charge in [0.05, 0.1) is 0 Å². The van der Waals surface area contributed by atoms with Crippen LogP contribution in [0.15, 0.2) is 36.4 Å². The van der Waals surface area contributed by atoms with Crippen LogP contribution in [0.3, 0.4) is 0 Å². The molecule has 20 heavy (non-hydrogen) atoms. The molecule has 0 aliphatic carbocycles. The number of ether oxygens (including phenoxy) is 2. The van der Waals surface area contributed by atoms with Crippen molar-refractivity contribution in [3.05, 3.63) is 42.0 Å². The van der Waals surface area contributed by atoms with Crippen LogP contribution in [0.5, 0.6) is 11.5 Å². The Bertz CT molecular complexity index is 520. The molecule has 1 aliphatic rings. The molecule has 0 spiro atoms. The number of hydrogen-bond acceptors (Lipinski definition) is 3. The van der Waals surface area contributed by atoms with Gasteiger partial charge >= 0.3 is 0 Å². The average molecular weight is 273 g/mol. The van der Waals surface area contributed by atoms with E-state index >= 15 is 0 Å². The zero-order chi connectivity index (χ0) is 14.2. The van der Waals surface area contributed by atoms with Gasteiger partial charge in [0.2, 0.25) is 12.7 Å². The number of fused-ring (bicyclic) bond motifs is 1. The summed E-state index contributed by atoms with van der Waals surface area (Å²) in [5, 5.41) is 2.82. The molecule has 0 saturated heterocycles. The Morgan fingerprint density at radius 3 is 3.00 bits per heavy atom. The summed E-state index contributed by atoms with van der Waals surface area (Å²) in [5.41, 5.74) is 1.00. The van der Waals surface area contributed by atoms with Crippen molar-refractivity contribution in [3.63, 3.8) is 0 Å². The van der Waals surface area contributed by atoms with E-state index < -0.39 is 0 Å². The highest BCUT2D eigenvalue weighted by atomic mass is 16.7. The Morgan fingerprint density at radius 1 is 1.30 bits per heavy atom. The zero-order valence-corrected chi connectivity index (χ0v) is 11.6. The summed E-state index contributed by atoms with van der Waals surface area (Å²) in [4.78, 5) is 11.4. The second kappa shape index (κ2) is 7.38. The van der Waals surface area contributed by atoms with Gasteiger partial charge in [-0.3, -0.25) is 4.79 Å². The molecule has 0 atom stereocenters. The maximum absolute atomic E-state index is 11.4. The van der Waals surface area contributed by atoms with Gasteiger partial charge in [0.15, 0.2) is 11.5 Å². The number of rotatable bonds is 6. The van der Waals surface area contributed by atoms with E-state index in [4.69, 9.17) is 9.47 Å². The van der Waals surface area contributed by atoms with Gasteiger partial charge in [0, 0.05) is 12.6 Å². The predicted molar refractivity (Wildman–Crippen MR) is 78.7 cm³/mol. The molecule has 1 N–H and O–H groups in total. The normalized spacial score (nSPS) is 13.2. The molecule has 4 nitrogen and oxygen atoms in total. The molecule has 1 aliphatic heterocycles. The van der Waals surface area contributed by atoms with E-state index in [1.165, 1.54) is 6.08 Å². The highest BCUT2D eigenvalue weighted by Crippen LogP contribution is 2.32. The summed E-state index contributed by atoms with van der Waals surface area (Å²) in [6, 6.07) is 5.73. The van der Waals surface area contributed by atoms with Crippen molar-refractivity contribution in [3.8, 4) is 11.5 Å². The lowest BCUT2D eigenvalue weighted by Crippen LogP contribution is -2.21. The highest BCUT2D eigenvalue weighted by molar-refractivity contribution is 5.87. The SMILES string of the molecule is CCCCNC(=O)C=CC=Cc1ccc2c(c1)OCO2. The molecule has 0 bridgehead atoms. The third-order valence-electron chi connectivity index (χ3n) is 2.87. The number of hydrogen-bond donors (Lipinski definition) is 1. The average Bonchev–Trinajstić information content (AvgIpc) is 2.91. The molecule has 1 amide bonds. The van der Waals surface area contributed by atoms with E-state index in [0.29, 0.717) is 0 Å². The lowest BCUT2D eigenvalue weighted by molar-refractivity contribution is -0.116. The number of nitrogens with one attached hydrogen (secondary N) is 1. The van der Waals surface area contributed by atoms with Crippen molar-refractivity contribution in [2.24, 2.45) is 0 Å². The second-order valence-corrected chi connectivity index (χ2v) is 4.48. The second-order valence-electron chi connectivity index (χ2n) is 4.48. The van der Waals surface area contributed by atoms with E-state index in [-0.39, 0.29) is 12.7 Å². The van der Waals surface area contributed by atoms with Gasteiger partial charge in [-0.1, -0.05) is 37.6 Å². The van der Waals surface area contributed by atoms with Crippen molar-refractivity contribution < 1.29 is 14.3 Å². The van der Waals surface area contributed by atoms with Gasteiger partial charge in [0.25, 0.3) is 0 Å². The van der Waals surface area contributed by atoms with E-state index in [1.807, 2.05) is 30.4 Å². The monoisotopic (exact) mass is 273 g/mol. The number of carbonyl (C=O) groups excluding carboxylic acids is 1. The van der Waals surface area contributed by atoms with E-state index in [1.54, 1.807) is 6.08 Å². The first kappa shape index (κ1) is 14.2. The van der Waals surface area contributed by atoms with Gasteiger partial charge < -0.3 is 14.8 Å². The molecule has 1 aromatic rings. The smallest absolute Gasteiger partial charge is 0.243 e. The van der Waals surface area contributed by atoms with E-state index in [2.05, 4.69) is 12.2 Å². The molecule has 1 heterocycles. The van der Waals surface area contributed by atoms with Gasteiger partial charge in [-0.25, -0.2) is 0 Å². The third kappa shape index (κ3) is 4.16. The van der Waals surface area contributed by atoms with Crippen molar-refractivity contribution in [1.29, 1.82) is 0 Å². The Labute approximate surface area is 119 Å². The van der Waals surface area contributed by atoms with Crippen LogP contribution in [0.2, 0.25) is 0 Å². The van der Waals surface area contributed by atoms with Crippen LogP contribution in [-0.2, 0) is 4.79 Å². The van der Waals surface area contributed by atoms with Crippen LogP contribution < -0.4 is 14.8 Å². The minimum atomic E-state index is -0.0613. The third-order valence-corrected chi connectivity index (χ3v) is 2.87. The van der Waals surface area contributed by atoms with Gasteiger partial charge in [-0.05, 0) is 24.1 Å². The number of allylic oxidation sites excluding steroid dienone is 2. The van der Waals surface area contributed by atoms with E-state index in [9.17, 15) is 4.79 Å². The van der Waals surface area contributed by atoms with Crippen molar-refractivity contribution in [2.45, 2.75) is 19.8 Å². The van der Waals surface area contributed by atoms with Gasteiger partial charge in [0.1, 0.15) is 0 Å². The van der Waals surface area contributed by atoms with Crippen LogP contribution in [-0.4, -0.2) is 19.2 Å². The fourth-order valence-electron chi connectivity index (χ4n) is 1.77. The topological polar surface area (TPSA) is 47.6 Å². The molecule has 0 saturated carbocycles. The summed E-state index contributed by atoms with van der Waals surface area (Å²) >= 11 is 0. The summed E-state index contributed by atoms with van der Waals surface area (Å²) in [7, 11) is 0. The predicted octanol–water partition coefficient (Wildman–Crippen LogP) is 2.90. The van der Waals surface area contributed by atoms with Gasteiger partial charge in [-0.15, -0.1) is 0 Å². The quantitative estimate of drug-likeness (QED) is 0.492. The molecule has 1 aromatic carbocycles. The Balaban J connectivity index is 1.82. The summed E-state index contributed by atoms with van der Waals surface area (Å²) in [6.07, 6.45) is 9.08. The Hall–Kier alpha value is -2.23. The minimum absolute atomic E-state index is 0.0613. The standard InChI is InChI=1S/C16H19NO3/c1-2-3-10-17-16(18)7-5-4-6-13-8-9-14-15(11-13)20-12-19-14/h4-9,11H,2-3,10,12H2,1H3,(H,17,18). The molecule has 0 radical (unpaired) electrons. The largest absolute Gasteiger partial charge is 0.454 e. The molecule has 0 unspecified atom stereocenters. The molecule has 106 valence electrons. The van der Waals surface area contributed by atoms with Crippen LogP contribution in [0.1, 0.15) is 25.3 Å². The fraction of sp³-hybridized carbons (Fsp3) is 0.312.